The lowest BCUT2D eigenvalue weighted by Gasteiger charge is -2.20. The van der Waals surface area contributed by atoms with Crippen LogP contribution in [0.4, 0.5) is 67.0 Å². The van der Waals surface area contributed by atoms with Gasteiger partial charge in [0.25, 0.3) is 23.6 Å². The fourth-order valence-corrected chi connectivity index (χ4v) is 14.2. The molecule has 36 nitrogen and oxygen atoms in total. The highest BCUT2D eigenvalue weighted by Gasteiger charge is 2.28. The highest BCUT2D eigenvalue weighted by molar-refractivity contribution is 7.92. The number of benzene rings is 7. The van der Waals surface area contributed by atoms with Crippen LogP contribution in [0, 0.1) is 68.6 Å². The lowest BCUT2D eigenvalue weighted by atomic mass is 10.1. The summed E-state index contributed by atoms with van der Waals surface area (Å²) in [6.07, 6.45) is -0.341. The van der Waals surface area contributed by atoms with E-state index in [1.165, 1.54) is 47.7 Å². The standard InChI is InChI=1S/C16H21N3O4S.C14H17FN2O3.C12H15N3O4S2.C11H13N3O2S.C10H7FN4O2.C10H8FNO3.C9H8FNO/c1-5-22-9-7-6-8(19-15(21)23-16(2,3)4)12-10(9)11(17)13(24-12)14(18)20;1-5-19-11-7-6-10(12(15)9(11)8-16)17-13(18)20-14(2,3)4;1-3-19-7-5-4-6(15-21(2,17)18)10-8(7)9(13)11(20-10)12(14)16;1-2-16-6-4-3-5(12)9-7(6)8(13)10(17-9)11(14)15;1-2-17-8-4-3-6(10(16)14-15-13)9(11)7(8)5-12;1-2-15-8-4-3-6(10(13)14)9(11)7(8)5-12;1-2-12-9-5-3-4-8(10)7(9)6-11/h6-7H,5,17H2,1-4H3,(H2,18,20)(H,19,21);6-7H,5H2,1-4H3,(H,17,18);4-5,15H,3,13H2,1-2H3,(H2,14,16);3-4H,2,12-13H2,1H3,(H2,14,15);3-4H,2H2,1H3;3-4H,2H2,1H3,(H,13,14);3-5H,2H2,1H3. The number of sulfonamides is 1. The third-order valence-corrected chi connectivity index (χ3v) is 19.6. The Balaban J connectivity index is 0.000000311. The highest BCUT2D eigenvalue weighted by Crippen LogP contribution is 2.47. The Morgan fingerprint density at radius 1 is 0.460 bits per heavy atom. The number of carboxylic acid groups (broad SMARTS) is 1. The molecule has 18 N–H and O–H groups in total. The van der Waals surface area contributed by atoms with E-state index in [1.807, 2.05) is 20.8 Å². The number of hydrogen-bond donors (Lipinski definition) is 11. The molecule has 0 aliphatic carbocycles. The predicted molar refractivity (Wildman–Crippen MR) is 470 cm³/mol. The van der Waals surface area contributed by atoms with Crippen molar-refractivity contribution in [2.75, 3.05) is 90.8 Å². The minimum atomic E-state index is -3.46. The number of primary amides is 3. The van der Waals surface area contributed by atoms with Crippen LogP contribution >= 0.6 is 34.0 Å². The summed E-state index contributed by atoms with van der Waals surface area (Å²) < 4.78 is 128. The SMILES string of the molecule is CCOc1ccc(C(=O)N=[N+]=[N-])c(F)c1C#N.CCOc1ccc(C(=O)O)c(F)c1C#N.CCOc1ccc(N)c2sc(C(N)=O)c(N)c12.CCOc1ccc(NC(=O)OC(C)(C)C)c(F)c1C#N.CCOc1ccc(NC(=O)OC(C)(C)C)c2sc(C(N)=O)c(N)c12.CCOc1ccc(NS(C)(=O)=O)c2sc(C(N)=O)c(N)c12.CCOc1cccc(F)c1C#N. The van der Waals surface area contributed by atoms with Crippen LogP contribution in [0.3, 0.4) is 0 Å². The van der Waals surface area contributed by atoms with Gasteiger partial charge >= 0.3 is 18.2 Å². The van der Waals surface area contributed by atoms with E-state index in [9.17, 15) is 59.5 Å². The number of carboxylic acids is 1. The number of anilines is 7. The van der Waals surface area contributed by atoms with E-state index in [4.69, 9.17) is 114 Å². The van der Waals surface area contributed by atoms with E-state index in [-0.39, 0.29) is 79.5 Å². The Kier molecular flexibility index (Phi) is 38.9. The first kappa shape index (κ1) is 103. The lowest BCUT2D eigenvalue weighted by molar-refractivity contribution is 0.0624. The zero-order valence-electron chi connectivity index (χ0n) is 70.2. The van der Waals surface area contributed by atoms with E-state index >= 15 is 0 Å². The van der Waals surface area contributed by atoms with E-state index < -0.39 is 97.4 Å². The second-order valence-corrected chi connectivity index (χ2v) is 31.3. The maximum Gasteiger partial charge on any atom is 0.412 e. The third kappa shape index (κ3) is 28.3. The first-order chi connectivity index (χ1) is 59.3. The van der Waals surface area contributed by atoms with Crippen LogP contribution in [0.5, 0.6) is 40.2 Å². The molecule has 126 heavy (non-hydrogen) atoms. The number of halogens is 4. The molecule has 0 saturated heterocycles. The van der Waals surface area contributed by atoms with Gasteiger partial charge in [0, 0.05) is 10.6 Å². The van der Waals surface area contributed by atoms with Gasteiger partial charge < -0.3 is 87.9 Å². The van der Waals surface area contributed by atoms with E-state index in [2.05, 4.69) is 25.4 Å². The molecule has 0 atom stereocenters. The van der Waals surface area contributed by atoms with Crippen LogP contribution in [-0.4, -0.2) is 119 Å². The number of nitrogens with one attached hydrogen (secondary N) is 3. The van der Waals surface area contributed by atoms with Gasteiger partial charge in [-0.1, -0.05) is 6.07 Å². The normalized spacial score (nSPS) is 10.4. The van der Waals surface area contributed by atoms with Gasteiger partial charge in [-0.25, -0.2) is 40.4 Å². The Morgan fingerprint density at radius 3 is 1.15 bits per heavy atom. The Bertz CT molecular complexity index is 6060. The van der Waals surface area contributed by atoms with Crippen molar-refractivity contribution in [1.82, 2.24) is 0 Å². The number of carbonyl (C=O) groups is 7. The number of nitrogens with two attached hydrogens (primary N) is 7. The zero-order valence-corrected chi connectivity index (χ0v) is 73.5. The maximum absolute atomic E-state index is 14.1. The van der Waals surface area contributed by atoms with Crippen LogP contribution in [-0.2, 0) is 19.5 Å². The minimum absolute atomic E-state index is 0.0284. The Hall–Kier alpha value is -15.0. The monoisotopic (exact) mass is 1820 g/mol. The molecular formula is C82H89F4N17O19S4. The van der Waals surface area contributed by atoms with Crippen molar-refractivity contribution < 1.29 is 107 Å². The summed E-state index contributed by atoms with van der Waals surface area (Å²) in [7, 11) is -3.46. The number of azide groups is 1. The number of nitrogen functional groups attached to an aromatic ring is 4. The summed E-state index contributed by atoms with van der Waals surface area (Å²) in [5, 5.41) is 53.0. The number of nitrogens with zero attached hydrogens (tertiary/aromatic N) is 7. The molecule has 0 spiro atoms. The van der Waals surface area contributed by atoms with Crippen LogP contribution in [0.15, 0.2) is 96.1 Å². The number of ether oxygens (including phenoxy) is 9. The molecule has 0 bridgehead atoms. The summed E-state index contributed by atoms with van der Waals surface area (Å²) in [5.74, 6) is -5.63. The summed E-state index contributed by atoms with van der Waals surface area (Å²) in [6, 6.07) is 28.5. The topological polar surface area (TPSA) is 619 Å². The van der Waals surface area contributed by atoms with Crippen molar-refractivity contribution in [3.8, 4) is 64.5 Å². The van der Waals surface area contributed by atoms with Crippen LogP contribution in [0.25, 0.3) is 40.7 Å². The molecule has 6 amide bonds. The summed E-state index contributed by atoms with van der Waals surface area (Å²) in [5.41, 5.74) is 46.5. The predicted octanol–water partition coefficient (Wildman–Crippen LogP) is 16.1. The summed E-state index contributed by atoms with van der Waals surface area (Å²) in [6.45, 7) is 25.5. The van der Waals surface area contributed by atoms with Crippen LogP contribution in [0.2, 0.25) is 0 Å². The van der Waals surface area contributed by atoms with Gasteiger partial charge in [-0.15, -0.1) is 34.0 Å². The smallest absolute Gasteiger partial charge is 0.412 e. The molecule has 3 aromatic heterocycles. The van der Waals surface area contributed by atoms with E-state index in [0.717, 1.165) is 45.8 Å². The molecule has 44 heteroatoms. The fraction of sp³-hybridized carbons (Fsp3) is 0.280. The fourth-order valence-electron chi connectivity index (χ4n) is 10.4. The minimum Gasteiger partial charge on any atom is -0.493 e. The van der Waals surface area contributed by atoms with Gasteiger partial charge in [-0.2, -0.15) is 21.0 Å². The molecule has 0 saturated carbocycles. The molecule has 0 aliphatic heterocycles. The van der Waals surface area contributed by atoms with Gasteiger partial charge in [0.2, 0.25) is 10.0 Å². The average Bonchev–Trinajstić information content (AvgIpc) is 1.63. The number of rotatable bonds is 23. The lowest BCUT2D eigenvalue weighted by Crippen LogP contribution is -2.27. The van der Waals surface area contributed by atoms with Gasteiger partial charge in [-0.05, 0) is 186 Å². The molecule has 7 aromatic carbocycles. The number of fused-ring (bicyclic) bond motifs is 3. The second kappa shape index (κ2) is 47.5. The molecule has 3 heterocycles. The average molecular weight is 1820 g/mol. The van der Waals surface area contributed by atoms with Gasteiger partial charge in [0.15, 0.2) is 17.5 Å². The second-order valence-electron chi connectivity index (χ2n) is 26.5. The quantitative estimate of drug-likeness (QED) is 0.00931. The number of nitriles is 4. The van der Waals surface area contributed by atoms with Gasteiger partial charge in [0.05, 0.1) is 128 Å². The molecule has 0 aliphatic rings. The number of hydrogen-bond acceptors (Lipinski definition) is 29. The van der Waals surface area contributed by atoms with Crippen molar-refractivity contribution in [2.24, 2.45) is 22.3 Å². The first-order valence-electron chi connectivity index (χ1n) is 37.0. The molecule has 10 rings (SSSR count). The third-order valence-electron chi connectivity index (χ3n) is 15.2. The van der Waals surface area contributed by atoms with Crippen molar-refractivity contribution >= 4 is 156 Å². The number of thiophene rings is 3. The molecule has 10 aromatic rings. The number of carbonyl (C=O) groups excluding carboxylic acids is 6. The molecule has 668 valence electrons. The number of amides is 6. The summed E-state index contributed by atoms with van der Waals surface area (Å²) in [4.78, 5) is 82.6. The highest BCUT2D eigenvalue weighted by atomic mass is 32.2. The Morgan fingerprint density at radius 2 is 0.778 bits per heavy atom. The Labute approximate surface area is 731 Å². The van der Waals surface area contributed by atoms with Crippen LogP contribution < -0.4 is 88.6 Å². The van der Waals surface area contributed by atoms with Gasteiger partial charge in [-0.3, -0.25) is 34.5 Å². The van der Waals surface area contributed by atoms with E-state index in [0.29, 0.717) is 109 Å². The molecular weight excluding hydrogens is 1730 g/mol. The van der Waals surface area contributed by atoms with E-state index in [1.54, 1.807) is 136 Å². The summed E-state index contributed by atoms with van der Waals surface area (Å²) >= 11 is 3.34. The first-order valence-corrected chi connectivity index (χ1v) is 41.4. The van der Waals surface area contributed by atoms with Crippen molar-refractivity contribution in [1.29, 1.82) is 21.0 Å². The van der Waals surface area contributed by atoms with Crippen molar-refractivity contribution in [3.63, 3.8) is 0 Å². The maximum atomic E-state index is 14.1. The van der Waals surface area contributed by atoms with Crippen molar-refractivity contribution in [2.45, 2.75) is 101 Å². The van der Waals surface area contributed by atoms with Crippen LogP contribution in [0.1, 0.15) is 162 Å². The van der Waals surface area contributed by atoms with Gasteiger partial charge in [0.1, 0.15) is 118 Å². The largest absolute Gasteiger partial charge is 0.493 e. The zero-order chi connectivity index (χ0) is 95.0. The molecule has 0 fully saturated rings. The molecule has 0 unspecified atom stereocenters. The molecule has 0 radical (unpaired) electrons. The number of aromatic carboxylic acids is 1. The van der Waals surface area contributed by atoms with Crippen molar-refractivity contribution in [3.05, 3.63) is 173 Å².